The maximum absolute atomic E-state index is 12.4. The Balaban J connectivity index is 2.43. The maximum atomic E-state index is 12.4. The Labute approximate surface area is 114 Å². The summed E-state index contributed by atoms with van der Waals surface area (Å²) in [6, 6.07) is 8.04. The molecule has 94 valence electrons. The molecule has 0 unspecified atom stereocenters. The lowest BCUT2D eigenvalue weighted by molar-refractivity contribution is 0.0976. The maximum Gasteiger partial charge on any atom is 0.198 e. The highest BCUT2D eigenvalue weighted by Crippen LogP contribution is 2.38. The summed E-state index contributed by atoms with van der Waals surface area (Å²) in [5.41, 5.74) is 1.20. The van der Waals surface area contributed by atoms with Crippen LogP contribution in [0.4, 0.5) is 0 Å². The Morgan fingerprint density at radius 1 is 1.00 bits per heavy atom. The monoisotopic (exact) mass is 272 g/mol. The second-order valence-corrected chi connectivity index (χ2v) is 4.88. The molecule has 0 atom stereocenters. The minimum absolute atomic E-state index is 0.00806. The highest BCUT2D eigenvalue weighted by Gasteiger charge is 2.34. The highest BCUT2D eigenvalue weighted by atomic mass is 35.5. The number of benzene rings is 2. The van der Waals surface area contributed by atoms with Gasteiger partial charge in [-0.25, -0.2) is 0 Å². The van der Waals surface area contributed by atoms with Crippen LogP contribution in [0.15, 0.2) is 30.3 Å². The zero-order valence-electron chi connectivity index (χ0n) is 10.0. The normalized spacial score (nSPS) is 13.2. The van der Waals surface area contributed by atoms with E-state index in [0.29, 0.717) is 16.7 Å². The number of halogens is 1. The number of carbonyl (C=O) groups is 2. The Hall–Kier alpha value is -2.13. The molecule has 0 radical (unpaired) electrons. The molecular weight excluding hydrogens is 264 g/mol. The first-order valence-corrected chi connectivity index (χ1v) is 6.10. The molecule has 0 spiro atoms. The molecule has 3 nitrogen and oxygen atoms in total. The van der Waals surface area contributed by atoms with Crippen LogP contribution in [0.25, 0.3) is 0 Å². The van der Waals surface area contributed by atoms with E-state index in [4.69, 9.17) is 11.6 Å². The summed E-state index contributed by atoms with van der Waals surface area (Å²) in [5.74, 6) is -0.869. The number of rotatable bonds is 0. The van der Waals surface area contributed by atoms with E-state index in [1.54, 1.807) is 31.2 Å². The van der Waals surface area contributed by atoms with E-state index in [9.17, 15) is 14.7 Å². The average Bonchev–Trinajstić information content (AvgIpc) is 2.40. The number of carbonyl (C=O) groups excluding carboxylic acids is 2. The van der Waals surface area contributed by atoms with Crippen LogP contribution in [0.5, 0.6) is 5.75 Å². The lowest BCUT2D eigenvalue weighted by Crippen LogP contribution is -2.21. The van der Waals surface area contributed by atoms with Gasteiger partial charge in [-0.1, -0.05) is 35.9 Å². The van der Waals surface area contributed by atoms with E-state index in [0.717, 1.165) is 0 Å². The van der Waals surface area contributed by atoms with Gasteiger partial charge < -0.3 is 5.11 Å². The third kappa shape index (κ3) is 1.52. The molecule has 1 N–H and O–H groups in total. The Morgan fingerprint density at radius 2 is 1.53 bits per heavy atom. The number of aromatic hydroxyl groups is 1. The van der Waals surface area contributed by atoms with Crippen LogP contribution in [-0.2, 0) is 0 Å². The Kier molecular flexibility index (Phi) is 2.47. The molecule has 0 aliphatic heterocycles. The van der Waals surface area contributed by atoms with Gasteiger partial charge in [0, 0.05) is 11.1 Å². The van der Waals surface area contributed by atoms with Gasteiger partial charge in [-0.3, -0.25) is 9.59 Å². The molecule has 0 saturated heterocycles. The average molecular weight is 273 g/mol. The van der Waals surface area contributed by atoms with Gasteiger partial charge in [0.25, 0.3) is 0 Å². The van der Waals surface area contributed by atoms with E-state index in [-0.39, 0.29) is 33.5 Å². The number of hydrogen-bond donors (Lipinski definition) is 1. The van der Waals surface area contributed by atoms with E-state index in [1.165, 1.54) is 6.07 Å². The minimum atomic E-state index is -0.367. The van der Waals surface area contributed by atoms with Crippen molar-refractivity contribution in [3.8, 4) is 5.75 Å². The molecule has 19 heavy (non-hydrogen) atoms. The van der Waals surface area contributed by atoms with Crippen LogP contribution in [0, 0.1) is 6.92 Å². The predicted octanol–water partition coefficient (Wildman–Crippen LogP) is 3.13. The molecule has 1 aliphatic rings. The van der Waals surface area contributed by atoms with Crippen molar-refractivity contribution < 1.29 is 14.7 Å². The van der Waals surface area contributed by atoms with Crippen molar-refractivity contribution in [2.24, 2.45) is 0 Å². The topological polar surface area (TPSA) is 54.4 Å². The predicted molar refractivity (Wildman–Crippen MR) is 71.2 cm³/mol. The Morgan fingerprint density at radius 3 is 2.11 bits per heavy atom. The highest BCUT2D eigenvalue weighted by molar-refractivity contribution is 6.39. The van der Waals surface area contributed by atoms with Crippen molar-refractivity contribution in [1.29, 1.82) is 0 Å². The lowest BCUT2D eigenvalue weighted by Gasteiger charge is -2.20. The second kappa shape index (κ2) is 3.93. The molecule has 0 heterocycles. The smallest absolute Gasteiger partial charge is 0.198 e. The van der Waals surface area contributed by atoms with Crippen molar-refractivity contribution >= 4 is 23.2 Å². The zero-order valence-corrected chi connectivity index (χ0v) is 10.8. The third-order valence-electron chi connectivity index (χ3n) is 3.31. The van der Waals surface area contributed by atoms with E-state index in [1.807, 2.05) is 0 Å². The van der Waals surface area contributed by atoms with Crippen LogP contribution in [0.3, 0.4) is 0 Å². The van der Waals surface area contributed by atoms with Gasteiger partial charge >= 0.3 is 0 Å². The van der Waals surface area contributed by atoms with Gasteiger partial charge in [0.2, 0.25) is 0 Å². The van der Waals surface area contributed by atoms with Gasteiger partial charge in [-0.15, -0.1) is 0 Å². The first kappa shape index (κ1) is 11.9. The summed E-state index contributed by atoms with van der Waals surface area (Å²) in [6.07, 6.45) is 0. The molecule has 0 fully saturated rings. The van der Waals surface area contributed by atoms with Crippen LogP contribution < -0.4 is 0 Å². The first-order chi connectivity index (χ1) is 9.02. The van der Waals surface area contributed by atoms with Crippen LogP contribution in [0.2, 0.25) is 5.02 Å². The van der Waals surface area contributed by atoms with Crippen molar-refractivity contribution in [3.05, 3.63) is 63.2 Å². The zero-order chi connectivity index (χ0) is 13.7. The molecule has 0 bridgehead atoms. The molecule has 0 amide bonds. The van der Waals surface area contributed by atoms with Crippen LogP contribution in [0.1, 0.15) is 37.4 Å². The van der Waals surface area contributed by atoms with Crippen LogP contribution >= 0.6 is 11.6 Å². The molecule has 2 aromatic rings. The van der Waals surface area contributed by atoms with Gasteiger partial charge in [-0.2, -0.15) is 0 Å². The summed E-state index contributed by atoms with van der Waals surface area (Å²) in [6.45, 7) is 1.64. The molecule has 2 aromatic carbocycles. The van der Waals surface area contributed by atoms with E-state index >= 15 is 0 Å². The van der Waals surface area contributed by atoms with Crippen molar-refractivity contribution in [3.63, 3.8) is 0 Å². The standard InChI is InChI=1S/C15H9ClO3/c1-7-6-10(16)11-12(13(7)17)15(19)9-5-3-2-4-8(9)14(11)18/h2-6,17H,1H3. The molecule has 3 rings (SSSR count). The third-order valence-corrected chi connectivity index (χ3v) is 3.61. The summed E-state index contributed by atoms with van der Waals surface area (Å²) < 4.78 is 0. The summed E-state index contributed by atoms with van der Waals surface area (Å²) >= 11 is 6.06. The van der Waals surface area contributed by atoms with Crippen molar-refractivity contribution in [2.45, 2.75) is 6.92 Å². The molecular formula is C15H9ClO3. The fourth-order valence-electron chi connectivity index (χ4n) is 2.36. The van der Waals surface area contributed by atoms with Crippen molar-refractivity contribution in [2.75, 3.05) is 0 Å². The fraction of sp³-hybridized carbons (Fsp3) is 0.0667. The summed E-state index contributed by atoms with van der Waals surface area (Å²) in [4.78, 5) is 24.8. The summed E-state index contributed by atoms with van der Waals surface area (Å²) in [7, 11) is 0. The van der Waals surface area contributed by atoms with Gasteiger partial charge in [0.1, 0.15) is 5.75 Å². The van der Waals surface area contributed by atoms with E-state index in [2.05, 4.69) is 0 Å². The number of fused-ring (bicyclic) bond motifs is 2. The second-order valence-electron chi connectivity index (χ2n) is 4.48. The Bertz CT molecular complexity index is 747. The fourth-order valence-corrected chi connectivity index (χ4v) is 2.70. The quantitative estimate of drug-likeness (QED) is 0.684. The van der Waals surface area contributed by atoms with Gasteiger partial charge in [0.15, 0.2) is 11.6 Å². The largest absolute Gasteiger partial charge is 0.507 e. The minimum Gasteiger partial charge on any atom is -0.507 e. The number of phenols is 1. The summed E-state index contributed by atoms with van der Waals surface area (Å²) in [5, 5.41) is 10.2. The van der Waals surface area contributed by atoms with E-state index < -0.39 is 0 Å². The number of phenolic OH excluding ortho intramolecular Hbond substituents is 1. The number of ketones is 2. The van der Waals surface area contributed by atoms with Crippen LogP contribution in [-0.4, -0.2) is 16.7 Å². The number of hydrogen-bond acceptors (Lipinski definition) is 3. The SMILES string of the molecule is Cc1cc(Cl)c2c(c1O)C(=O)c1ccccc1C2=O. The first-order valence-electron chi connectivity index (χ1n) is 5.73. The van der Waals surface area contributed by atoms with Gasteiger partial charge in [0.05, 0.1) is 16.1 Å². The number of aryl methyl sites for hydroxylation is 1. The molecule has 1 aliphatic carbocycles. The van der Waals surface area contributed by atoms with Crippen molar-refractivity contribution in [1.82, 2.24) is 0 Å². The molecule has 0 aromatic heterocycles. The van der Waals surface area contributed by atoms with Gasteiger partial charge in [-0.05, 0) is 18.6 Å². The molecule has 0 saturated carbocycles. The molecule has 4 heteroatoms. The lowest BCUT2D eigenvalue weighted by atomic mass is 9.83.